The number of fused-ring (bicyclic) bond motifs is 1. The van der Waals surface area contributed by atoms with Crippen molar-refractivity contribution in [3.8, 4) is 0 Å². The number of sulfonamides is 1. The molecule has 0 aliphatic carbocycles. The molecule has 0 aromatic heterocycles. The molecule has 0 saturated carbocycles. The Hall–Kier alpha value is -1.80. The van der Waals surface area contributed by atoms with Gasteiger partial charge in [0.15, 0.2) is 0 Å². The van der Waals surface area contributed by atoms with Crippen LogP contribution in [0.15, 0.2) is 30.6 Å². The molecular weight excluding hydrogens is 297 g/mol. The molecule has 0 radical (unpaired) electrons. The van der Waals surface area contributed by atoms with Gasteiger partial charge in [-0.05, 0) is 18.2 Å². The summed E-state index contributed by atoms with van der Waals surface area (Å²) < 4.78 is 45.8. The van der Waals surface area contributed by atoms with E-state index in [-0.39, 0.29) is 24.6 Å². The summed E-state index contributed by atoms with van der Waals surface area (Å²) in [6.07, 6.45) is 0. The van der Waals surface area contributed by atoms with Gasteiger partial charge in [-0.15, -0.1) is 0 Å². The van der Waals surface area contributed by atoms with E-state index in [1.54, 1.807) is 0 Å². The van der Waals surface area contributed by atoms with Gasteiger partial charge in [0.25, 0.3) is 0 Å². The maximum atomic E-state index is 14.3. The molecule has 0 bridgehead atoms. The Morgan fingerprint density at radius 1 is 1.57 bits per heavy atom. The second-order valence-corrected chi connectivity index (χ2v) is 7.45. The van der Waals surface area contributed by atoms with Crippen LogP contribution in [0.5, 0.6) is 0 Å². The predicted molar refractivity (Wildman–Crippen MR) is 76.1 cm³/mol. The summed E-state index contributed by atoms with van der Waals surface area (Å²) >= 11 is 0. The first kappa shape index (κ1) is 14.2. The average Bonchev–Trinajstić information content (AvgIpc) is 2.85. The van der Waals surface area contributed by atoms with Crippen LogP contribution >= 0.6 is 0 Å². The minimum atomic E-state index is -3.69. The standard InChI is InChI=1S/C13H16FN3O3S/c1-8-16-13(10-5-9(15)3-4-11(10)14)7-20-6-12(13)21(18,19)17(8)2/h3-5,12,16H,1,6-7,15H2,2H3/t12-,13-/m0/s1. The van der Waals surface area contributed by atoms with Crippen LogP contribution in [0.3, 0.4) is 0 Å². The molecule has 3 N–H and O–H groups in total. The zero-order valence-corrected chi connectivity index (χ0v) is 12.3. The van der Waals surface area contributed by atoms with Crippen molar-refractivity contribution in [2.24, 2.45) is 0 Å². The number of hydrogen-bond donors (Lipinski definition) is 2. The van der Waals surface area contributed by atoms with Crippen LogP contribution in [0.4, 0.5) is 10.1 Å². The maximum absolute atomic E-state index is 14.3. The van der Waals surface area contributed by atoms with Gasteiger partial charge in [-0.3, -0.25) is 4.31 Å². The largest absolute Gasteiger partial charge is 0.399 e. The molecule has 6 nitrogen and oxygen atoms in total. The van der Waals surface area contributed by atoms with Crippen molar-refractivity contribution >= 4 is 15.7 Å². The van der Waals surface area contributed by atoms with Gasteiger partial charge in [0.1, 0.15) is 22.4 Å². The van der Waals surface area contributed by atoms with E-state index in [9.17, 15) is 12.8 Å². The number of nitrogens with zero attached hydrogens (tertiary/aromatic N) is 1. The Balaban J connectivity index is 2.23. The quantitative estimate of drug-likeness (QED) is 0.730. The highest BCUT2D eigenvalue weighted by molar-refractivity contribution is 7.90. The second-order valence-electron chi connectivity index (χ2n) is 5.30. The minimum Gasteiger partial charge on any atom is -0.399 e. The molecular formula is C13H16FN3O3S. The summed E-state index contributed by atoms with van der Waals surface area (Å²) in [7, 11) is -2.28. The maximum Gasteiger partial charge on any atom is 0.243 e. The zero-order chi connectivity index (χ0) is 15.4. The van der Waals surface area contributed by atoms with E-state index in [2.05, 4.69) is 11.9 Å². The van der Waals surface area contributed by atoms with E-state index in [4.69, 9.17) is 10.5 Å². The first-order valence-electron chi connectivity index (χ1n) is 6.37. The number of nitrogens with one attached hydrogen (secondary N) is 1. The van der Waals surface area contributed by atoms with Crippen molar-refractivity contribution in [1.29, 1.82) is 0 Å². The van der Waals surface area contributed by atoms with Crippen molar-refractivity contribution in [2.45, 2.75) is 10.8 Å². The van der Waals surface area contributed by atoms with E-state index in [1.165, 1.54) is 25.2 Å². The molecule has 1 aromatic carbocycles. The van der Waals surface area contributed by atoms with Crippen molar-refractivity contribution in [1.82, 2.24) is 9.62 Å². The normalized spacial score (nSPS) is 30.9. The Labute approximate surface area is 122 Å². The van der Waals surface area contributed by atoms with Gasteiger partial charge in [-0.25, -0.2) is 12.8 Å². The van der Waals surface area contributed by atoms with Crippen molar-refractivity contribution in [3.63, 3.8) is 0 Å². The topological polar surface area (TPSA) is 84.7 Å². The number of hydrogen-bond acceptors (Lipinski definition) is 5. The number of anilines is 1. The highest BCUT2D eigenvalue weighted by Gasteiger charge is 2.58. The number of ether oxygens (including phenoxy) is 1. The van der Waals surface area contributed by atoms with Crippen molar-refractivity contribution in [2.75, 3.05) is 26.0 Å². The second kappa shape index (κ2) is 4.35. The molecule has 0 spiro atoms. The molecule has 2 heterocycles. The van der Waals surface area contributed by atoms with Crippen molar-refractivity contribution in [3.05, 3.63) is 42.0 Å². The fraction of sp³-hybridized carbons (Fsp3) is 0.385. The van der Waals surface area contributed by atoms with Gasteiger partial charge in [0.05, 0.1) is 13.2 Å². The van der Waals surface area contributed by atoms with E-state index >= 15 is 0 Å². The fourth-order valence-corrected chi connectivity index (χ4v) is 4.67. The molecule has 21 heavy (non-hydrogen) atoms. The van der Waals surface area contributed by atoms with E-state index in [1.807, 2.05) is 0 Å². The third kappa shape index (κ3) is 1.82. The third-order valence-electron chi connectivity index (χ3n) is 4.11. The SMILES string of the molecule is C=C1N[C@]2(c3cc(N)ccc3F)COC[C@@H]2S(=O)(=O)N1C. The van der Waals surface area contributed by atoms with Gasteiger partial charge in [0.2, 0.25) is 10.0 Å². The Bertz CT molecular complexity index is 721. The van der Waals surface area contributed by atoms with E-state index in [0.717, 1.165) is 4.31 Å². The van der Waals surface area contributed by atoms with Gasteiger partial charge in [-0.1, -0.05) is 6.58 Å². The summed E-state index contributed by atoms with van der Waals surface area (Å²) in [6, 6.07) is 4.10. The molecule has 1 aromatic rings. The lowest BCUT2D eigenvalue weighted by Crippen LogP contribution is -2.63. The van der Waals surface area contributed by atoms with Crippen LogP contribution in [0, 0.1) is 5.82 Å². The Morgan fingerprint density at radius 2 is 2.29 bits per heavy atom. The molecule has 0 amide bonds. The van der Waals surface area contributed by atoms with Crippen molar-refractivity contribution < 1.29 is 17.5 Å². The van der Waals surface area contributed by atoms with Crippen LogP contribution in [0.2, 0.25) is 0 Å². The zero-order valence-electron chi connectivity index (χ0n) is 11.5. The van der Waals surface area contributed by atoms with Crippen LogP contribution < -0.4 is 11.1 Å². The van der Waals surface area contributed by atoms with Crippen LogP contribution in [-0.4, -0.2) is 38.2 Å². The number of halogens is 1. The molecule has 8 heteroatoms. The number of nitrogens with two attached hydrogens (primary N) is 1. The van der Waals surface area contributed by atoms with Gasteiger partial charge in [-0.2, -0.15) is 0 Å². The molecule has 2 aliphatic rings. The first-order valence-corrected chi connectivity index (χ1v) is 7.87. The van der Waals surface area contributed by atoms with Gasteiger partial charge in [0, 0.05) is 18.3 Å². The molecule has 2 aliphatic heterocycles. The minimum absolute atomic E-state index is 0.0127. The number of nitrogen functional groups attached to an aromatic ring is 1. The van der Waals surface area contributed by atoms with E-state index < -0.39 is 26.6 Å². The summed E-state index contributed by atoms with van der Waals surface area (Å²) in [4.78, 5) is 0. The highest BCUT2D eigenvalue weighted by atomic mass is 32.2. The summed E-state index contributed by atoms with van der Waals surface area (Å²) in [5.41, 5.74) is 5.06. The molecule has 2 saturated heterocycles. The molecule has 114 valence electrons. The average molecular weight is 313 g/mol. The highest BCUT2D eigenvalue weighted by Crippen LogP contribution is 2.42. The Kier molecular flexibility index (Phi) is 2.93. The monoisotopic (exact) mass is 313 g/mol. The number of benzene rings is 1. The fourth-order valence-electron chi connectivity index (χ4n) is 2.90. The van der Waals surface area contributed by atoms with Crippen LogP contribution in [0.1, 0.15) is 5.56 Å². The van der Waals surface area contributed by atoms with E-state index in [0.29, 0.717) is 5.69 Å². The molecule has 2 atom stereocenters. The van der Waals surface area contributed by atoms with Crippen LogP contribution in [0.25, 0.3) is 0 Å². The third-order valence-corrected chi connectivity index (χ3v) is 6.35. The Morgan fingerprint density at radius 3 is 3.00 bits per heavy atom. The lowest BCUT2D eigenvalue weighted by Gasteiger charge is -2.44. The lowest BCUT2D eigenvalue weighted by atomic mass is 9.87. The smallest absolute Gasteiger partial charge is 0.243 e. The van der Waals surface area contributed by atoms with Gasteiger partial charge >= 0.3 is 0 Å². The predicted octanol–water partition coefficient (Wildman–Crippen LogP) is 0.338. The number of rotatable bonds is 1. The van der Waals surface area contributed by atoms with Crippen LogP contribution in [-0.2, 0) is 20.3 Å². The summed E-state index contributed by atoms with van der Waals surface area (Å²) in [5.74, 6) is -0.349. The molecule has 0 unspecified atom stereocenters. The summed E-state index contributed by atoms with van der Waals surface area (Å²) in [6.45, 7) is 3.72. The first-order chi connectivity index (χ1) is 9.79. The molecule has 2 fully saturated rings. The summed E-state index contributed by atoms with van der Waals surface area (Å²) in [5, 5.41) is 2.08. The molecule has 3 rings (SSSR count). The van der Waals surface area contributed by atoms with Gasteiger partial charge < -0.3 is 15.8 Å². The lowest BCUT2D eigenvalue weighted by molar-refractivity contribution is 0.166.